The number of alkyl halides is 5. The number of rotatable bonds is 25. The fourth-order valence-electron chi connectivity index (χ4n) is 14.0. The predicted molar refractivity (Wildman–Crippen MR) is 333 cm³/mol. The van der Waals surface area contributed by atoms with Gasteiger partial charge in [0.25, 0.3) is 37.6 Å². The quantitative estimate of drug-likeness (QED) is 0.0161. The Hall–Kier alpha value is -6.49. The van der Waals surface area contributed by atoms with Crippen LogP contribution in [0.3, 0.4) is 0 Å². The number of sulfonamides is 1. The van der Waals surface area contributed by atoms with Crippen molar-refractivity contribution in [2.24, 2.45) is 16.2 Å². The molecule has 4 heterocycles. The van der Waals surface area contributed by atoms with Crippen LogP contribution in [0, 0.1) is 16.2 Å². The van der Waals surface area contributed by atoms with Gasteiger partial charge in [-0.25, -0.2) is 30.3 Å². The van der Waals surface area contributed by atoms with E-state index in [4.69, 9.17) is 4.74 Å². The number of nitrogens with zero attached hydrogens (tertiary/aromatic N) is 5. The summed E-state index contributed by atoms with van der Waals surface area (Å²) >= 11 is 1.41. The predicted octanol–water partition coefficient (Wildman–Crippen LogP) is 8.27. The second-order valence-corrected chi connectivity index (χ2v) is 30.6. The molecule has 4 aliphatic carbocycles. The number of carbonyl (C=O) groups excluding carboxylic acids is 5. The van der Waals surface area contributed by atoms with Crippen molar-refractivity contribution in [2.75, 3.05) is 113 Å². The van der Waals surface area contributed by atoms with Crippen LogP contribution in [0.1, 0.15) is 103 Å². The van der Waals surface area contributed by atoms with Crippen LogP contribution in [-0.2, 0) is 34.2 Å². The highest BCUT2D eigenvalue weighted by Crippen LogP contribution is 2.79. The monoisotopic (exact) mass is 1320 g/mol. The number of anilines is 3. The van der Waals surface area contributed by atoms with Crippen molar-refractivity contribution in [3.63, 3.8) is 0 Å². The van der Waals surface area contributed by atoms with E-state index in [1.165, 1.54) is 41.1 Å². The van der Waals surface area contributed by atoms with Gasteiger partial charge in [0.2, 0.25) is 18.2 Å². The Morgan fingerprint density at radius 1 is 0.780 bits per heavy atom. The molecular formula is C64H76F5N9O10S3. The summed E-state index contributed by atoms with van der Waals surface area (Å²) in [7, 11) is -11.1. The van der Waals surface area contributed by atoms with Crippen molar-refractivity contribution >= 4 is 78.2 Å². The number of fused-ring (bicyclic) bond motifs is 1. The van der Waals surface area contributed by atoms with Gasteiger partial charge in [-0.1, -0.05) is 49.3 Å². The van der Waals surface area contributed by atoms with Crippen LogP contribution in [0.5, 0.6) is 0 Å². The molecule has 1 unspecified atom stereocenters. The van der Waals surface area contributed by atoms with E-state index in [1.54, 1.807) is 24.3 Å². The lowest BCUT2D eigenvalue weighted by Gasteiger charge is -2.72. The number of hydrogen-bond donors (Lipinski definition) is 4. The minimum atomic E-state index is -6.16. The largest absolute Gasteiger partial charge is 0.501 e. The summed E-state index contributed by atoms with van der Waals surface area (Å²) in [6.45, 7) is 12.9. The number of carbonyl (C=O) groups is 5. The first-order valence-corrected chi connectivity index (χ1v) is 34.8. The Kier molecular flexibility index (Phi) is 19.2. The Morgan fingerprint density at radius 2 is 1.46 bits per heavy atom. The lowest BCUT2D eigenvalue weighted by molar-refractivity contribution is -0.250. The molecule has 8 aliphatic rings. The summed E-state index contributed by atoms with van der Waals surface area (Å²) in [5.74, 6) is -3.15. The molecule has 4 aliphatic heterocycles. The Bertz CT molecular complexity index is 3670. The molecule has 2 bridgehead atoms. The molecule has 490 valence electrons. The maximum Gasteiger partial charge on any atom is 0.501 e. The fourth-order valence-corrected chi connectivity index (χ4v) is 17.1. The van der Waals surface area contributed by atoms with E-state index in [9.17, 15) is 62.8 Å². The van der Waals surface area contributed by atoms with Crippen LogP contribution in [-0.4, -0.2) is 187 Å². The highest BCUT2D eigenvalue weighted by Gasteiger charge is 2.73. The summed E-state index contributed by atoms with van der Waals surface area (Å²) in [5.41, 5.74) is -2.73. The summed E-state index contributed by atoms with van der Waals surface area (Å²) < 4.78 is 133. The summed E-state index contributed by atoms with van der Waals surface area (Å²) in [5, 5.41) is 8.38. The first-order chi connectivity index (χ1) is 43.2. The second-order valence-electron chi connectivity index (χ2n) is 25.9. The SMILES string of the molecule is CC1(C)CCC(CN2CCN(c3ccc(C(=O)NS(=O)(=O)c4ccc(N[C@H](CCN5CCN(CCOCCNc6cccc7c6C(=O)N(C6CCC(=O)NC6=O)C7=O)CC5)CSc5ccccc5)c(S(=O)(=O)C(F)(F)F)c4)cc3)CC2)=C(C23CC(C(F)F)(C2)C3)C1. The number of piperazine rings is 2. The van der Waals surface area contributed by atoms with Crippen molar-refractivity contribution < 1.29 is 67.5 Å². The maximum absolute atomic E-state index is 14.5. The standard InChI is InChI=1S/C64H76F5N9O10S3/c1-61(2)21-19-43(49(36-61)62-39-63(40-62,41-62)60(65)66)37-76-28-30-77(31-29-76)45-13-11-42(12-14-45)56(80)73-91(86,87)47-15-16-50(53(35-47)90(84,85)64(67,68)69)71-44(38-89-46-7-4-3-5-8-46)20-23-74-24-26-75(27-25-74)32-34-88-33-22-70-51-10-6-9-48-55(51)59(83)78(58(48)82)52-17-18-54(79)72-57(52)81/h3-16,35,44,52,60,70-71H,17-34,36-41H2,1-2H3,(H,73,80)(H,72,79,81)/t44-,52?,62?,63?/m1/s1. The molecule has 0 aromatic heterocycles. The van der Waals surface area contributed by atoms with Gasteiger partial charge < -0.3 is 25.2 Å². The number of piperidine rings is 1. The van der Waals surface area contributed by atoms with E-state index in [2.05, 4.69) is 49.4 Å². The molecule has 12 rings (SSSR count). The zero-order valence-corrected chi connectivity index (χ0v) is 53.2. The molecule has 4 aromatic carbocycles. The molecule has 27 heteroatoms. The Balaban J connectivity index is 0.667. The van der Waals surface area contributed by atoms with E-state index in [0.717, 1.165) is 66.5 Å². The number of nitrogens with one attached hydrogen (secondary N) is 4. The number of thioether (sulfide) groups is 1. The Labute approximate surface area is 531 Å². The number of allylic oxidation sites excluding steroid dienone is 1. The number of benzene rings is 4. The average Bonchev–Trinajstić information content (AvgIpc) is 1.16. The van der Waals surface area contributed by atoms with Crippen molar-refractivity contribution in [1.29, 1.82) is 0 Å². The number of sulfone groups is 1. The molecular weight excluding hydrogens is 1250 g/mol. The van der Waals surface area contributed by atoms with E-state index in [1.807, 2.05) is 35.1 Å². The number of halogens is 5. The van der Waals surface area contributed by atoms with Crippen molar-refractivity contribution in [1.82, 2.24) is 29.6 Å². The van der Waals surface area contributed by atoms with Gasteiger partial charge in [0, 0.05) is 124 Å². The third kappa shape index (κ3) is 14.2. The van der Waals surface area contributed by atoms with Crippen molar-refractivity contribution in [3.8, 4) is 0 Å². The molecule has 0 spiro atoms. The van der Waals surface area contributed by atoms with Gasteiger partial charge in [-0.05, 0) is 129 Å². The minimum absolute atomic E-state index is 0.0109. The summed E-state index contributed by atoms with van der Waals surface area (Å²) in [6.07, 6.45) is 2.85. The number of imide groups is 2. The minimum Gasteiger partial charge on any atom is -0.382 e. The fraction of sp³-hybridized carbons (Fsp3) is 0.516. The van der Waals surface area contributed by atoms with E-state index >= 15 is 0 Å². The van der Waals surface area contributed by atoms with Gasteiger partial charge in [0.05, 0.1) is 34.9 Å². The summed E-state index contributed by atoms with van der Waals surface area (Å²) in [6, 6.07) is 21.0. The van der Waals surface area contributed by atoms with Gasteiger partial charge in [-0.15, -0.1) is 11.8 Å². The van der Waals surface area contributed by atoms with Gasteiger partial charge in [0.1, 0.15) is 10.9 Å². The third-order valence-electron chi connectivity index (χ3n) is 19.1. The van der Waals surface area contributed by atoms with Crippen LogP contribution < -0.4 is 25.6 Å². The molecule has 91 heavy (non-hydrogen) atoms. The van der Waals surface area contributed by atoms with Gasteiger partial charge in [-0.3, -0.25) is 44.0 Å². The van der Waals surface area contributed by atoms with Gasteiger partial charge >= 0.3 is 5.51 Å². The van der Waals surface area contributed by atoms with Crippen LogP contribution in [0.15, 0.2) is 117 Å². The van der Waals surface area contributed by atoms with Crippen LogP contribution in [0.25, 0.3) is 0 Å². The van der Waals surface area contributed by atoms with E-state index < -0.39 is 94.3 Å². The molecule has 0 radical (unpaired) electrons. The number of hydrogen-bond acceptors (Lipinski definition) is 17. The first kappa shape index (κ1) is 66.0. The van der Waals surface area contributed by atoms with Crippen LogP contribution in [0.2, 0.25) is 0 Å². The van der Waals surface area contributed by atoms with E-state index in [-0.39, 0.29) is 47.0 Å². The molecule has 19 nitrogen and oxygen atoms in total. The third-order valence-corrected chi connectivity index (χ3v) is 23.2. The highest BCUT2D eigenvalue weighted by molar-refractivity contribution is 7.99. The molecule has 3 saturated heterocycles. The van der Waals surface area contributed by atoms with Gasteiger partial charge in [-0.2, -0.15) is 13.2 Å². The zero-order valence-electron chi connectivity index (χ0n) is 50.8. The van der Waals surface area contributed by atoms with Crippen molar-refractivity contribution in [2.45, 2.75) is 110 Å². The lowest BCUT2D eigenvalue weighted by Crippen LogP contribution is -2.66. The molecule has 6 fully saturated rings. The Morgan fingerprint density at radius 3 is 2.13 bits per heavy atom. The van der Waals surface area contributed by atoms with Crippen LogP contribution in [0.4, 0.5) is 39.0 Å². The molecule has 5 amide bonds. The first-order valence-electron chi connectivity index (χ1n) is 30.9. The van der Waals surface area contributed by atoms with Gasteiger partial charge in [0.15, 0.2) is 0 Å². The summed E-state index contributed by atoms with van der Waals surface area (Å²) in [4.78, 5) is 73.0. The van der Waals surface area contributed by atoms with Crippen molar-refractivity contribution in [3.05, 3.63) is 119 Å². The molecule has 2 atom stereocenters. The number of ether oxygens (including phenoxy) is 1. The maximum atomic E-state index is 14.5. The molecule has 3 saturated carbocycles. The normalized spacial score (nSPS) is 23.6. The van der Waals surface area contributed by atoms with E-state index in [0.29, 0.717) is 109 Å². The number of amides is 5. The lowest BCUT2D eigenvalue weighted by atomic mass is 9.32. The molecule has 4 aromatic rings. The topological polar surface area (TPSA) is 227 Å². The average molecular weight is 1320 g/mol. The highest BCUT2D eigenvalue weighted by atomic mass is 32.2. The second kappa shape index (κ2) is 26.5. The smallest absolute Gasteiger partial charge is 0.382 e. The molecule has 4 N–H and O–H groups in total. The zero-order chi connectivity index (χ0) is 64.7. The van der Waals surface area contributed by atoms with Crippen LogP contribution >= 0.6 is 11.8 Å².